The smallest absolute Gasteiger partial charge is 0.177 e. The fourth-order valence-corrected chi connectivity index (χ4v) is 3.10. The molecule has 124 valence electrons. The number of piperazine rings is 1. The Morgan fingerprint density at radius 2 is 1.70 bits per heavy atom. The second kappa shape index (κ2) is 6.90. The summed E-state index contributed by atoms with van der Waals surface area (Å²) in [6.07, 6.45) is 1.89. The van der Waals surface area contributed by atoms with Crippen LogP contribution in [0.15, 0.2) is 24.4 Å². The Kier molecular flexibility index (Phi) is 4.89. The Morgan fingerprint density at radius 3 is 2.35 bits per heavy atom. The number of imidazole rings is 1. The largest absolute Gasteiger partial charge is 0.337 e. The summed E-state index contributed by atoms with van der Waals surface area (Å²) in [6.45, 7) is 5.23. The van der Waals surface area contributed by atoms with Crippen LogP contribution in [-0.2, 0) is 13.1 Å². The molecule has 1 aromatic heterocycles. The summed E-state index contributed by atoms with van der Waals surface area (Å²) in [5, 5.41) is 0. The van der Waals surface area contributed by atoms with Gasteiger partial charge in [0.15, 0.2) is 4.77 Å². The van der Waals surface area contributed by atoms with Crippen molar-refractivity contribution in [3.8, 4) is 0 Å². The van der Waals surface area contributed by atoms with E-state index in [4.69, 9.17) is 12.2 Å². The van der Waals surface area contributed by atoms with E-state index in [0.29, 0.717) is 16.9 Å². The monoisotopic (exact) mass is 338 g/mol. The van der Waals surface area contributed by atoms with Gasteiger partial charge < -0.3 is 14.5 Å². The van der Waals surface area contributed by atoms with Crippen molar-refractivity contribution in [2.75, 3.05) is 33.2 Å². The fourth-order valence-electron chi connectivity index (χ4n) is 2.86. The third kappa shape index (κ3) is 4.04. The first-order valence-corrected chi connectivity index (χ1v) is 8.05. The molecule has 2 heterocycles. The summed E-state index contributed by atoms with van der Waals surface area (Å²) in [4.78, 5) is 7.70. The van der Waals surface area contributed by atoms with E-state index in [2.05, 4.69) is 21.8 Å². The van der Waals surface area contributed by atoms with Crippen molar-refractivity contribution in [2.24, 2.45) is 0 Å². The van der Waals surface area contributed by atoms with Crippen LogP contribution in [0, 0.1) is 16.4 Å². The minimum absolute atomic E-state index is 0.361. The maximum absolute atomic E-state index is 13.4. The van der Waals surface area contributed by atoms with Gasteiger partial charge in [0.05, 0.1) is 12.2 Å². The van der Waals surface area contributed by atoms with Crippen LogP contribution in [0.4, 0.5) is 8.78 Å². The molecule has 7 heteroatoms. The molecule has 0 unspecified atom stereocenters. The lowest BCUT2D eigenvalue weighted by atomic mass is 10.2. The van der Waals surface area contributed by atoms with Crippen LogP contribution in [0.2, 0.25) is 0 Å². The number of hydrogen-bond acceptors (Lipinski definition) is 3. The minimum Gasteiger partial charge on any atom is -0.337 e. The molecule has 3 rings (SSSR count). The zero-order valence-corrected chi connectivity index (χ0v) is 13.9. The van der Waals surface area contributed by atoms with Gasteiger partial charge in [0, 0.05) is 45.0 Å². The molecule has 1 aliphatic rings. The highest BCUT2D eigenvalue weighted by Crippen LogP contribution is 2.14. The molecule has 0 aliphatic carbocycles. The van der Waals surface area contributed by atoms with E-state index < -0.39 is 11.6 Å². The van der Waals surface area contributed by atoms with Gasteiger partial charge in [0.25, 0.3) is 0 Å². The molecule has 0 atom stereocenters. The number of aromatic nitrogens is 2. The minimum atomic E-state index is -0.567. The number of hydrogen-bond donors (Lipinski definition) is 1. The molecule has 0 bridgehead atoms. The van der Waals surface area contributed by atoms with Crippen molar-refractivity contribution in [1.82, 2.24) is 19.4 Å². The summed E-state index contributed by atoms with van der Waals surface area (Å²) in [5.74, 6) is -1.13. The van der Waals surface area contributed by atoms with Gasteiger partial charge in [-0.2, -0.15) is 0 Å². The van der Waals surface area contributed by atoms with E-state index >= 15 is 0 Å². The van der Waals surface area contributed by atoms with Crippen LogP contribution in [0.1, 0.15) is 11.3 Å². The van der Waals surface area contributed by atoms with E-state index in [1.54, 1.807) is 0 Å². The third-order valence-electron chi connectivity index (χ3n) is 4.20. The van der Waals surface area contributed by atoms with Crippen molar-refractivity contribution >= 4 is 12.2 Å². The van der Waals surface area contributed by atoms with Crippen LogP contribution in [0.3, 0.4) is 0 Å². The molecule has 4 nitrogen and oxygen atoms in total. The first-order chi connectivity index (χ1) is 11.0. The Hall–Kier alpha value is -1.57. The molecule has 1 saturated heterocycles. The molecule has 2 aromatic rings. The van der Waals surface area contributed by atoms with Crippen LogP contribution in [0.5, 0.6) is 0 Å². The Morgan fingerprint density at radius 1 is 1.04 bits per heavy atom. The second-order valence-corrected chi connectivity index (χ2v) is 6.42. The topological polar surface area (TPSA) is 27.2 Å². The normalized spacial score (nSPS) is 16.8. The molecular formula is C16H20F2N4S. The zero-order valence-electron chi connectivity index (χ0n) is 13.1. The molecule has 0 spiro atoms. The summed E-state index contributed by atoms with van der Waals surface area (Å²) in [6, 6.07) is 3.57. The Bertz CT molecular complexity index is 712. The van der Waals surface area contributed by atoms with Crippen molar-refractivity contribution in [2.45, 2.75) is 13.1 Å². The van der Waals surface area contributed by atoms with Gasteiger partial charge in [-0.25, -0.2) is 8.78 Å². The molecular weight excluding hydrogens is 318 g/mol. The first-order valence-electron chi connectivity index (χ1n) is 7.64. The van der Waals surface area contributed by atoms with Crippen LogP contribution in [0.25, 0.3) is 0 Å². The fraction of sp³-hybridized carbons (Fsp3) is 0.438. The lowest BCUT2D eigenvalue weighted by Gasteiger charge is -2.32. The van der Waals surface area contributed by atoms with Crippen molar-refractivity contribution < 1.29 is 8.78 Å². The van der Waals surface area contributed by atoms with Gasteiger partial charge in [0.1, 0.15) is 11.6 Å². The number of benzene rings is 1. The molecule has 1 fully saturated rings. The molecule has 1 N–H and O–H groups in total. The van der Waals surface area contributed by atoms with E-state index in [9.17, 15) is 8.78 Å². The maximum Gasteiger partial charge on any atom is 0.177 e. The average Bonchev–Trinajstić information content (AvgIpc) is 2.82. The van der Waals surface area contributed by atoms with Gasteiger partial charge in [-0.3, -0.25) is 4.90 Å². The number of likely N-dealkylation sites (N-methyl/N-ethyl adjacent to an activating group) is 1. The maximum atomic E-state index is 13.4. The van der Waals surface area contributed by atoms with Crippen molar-refractivity contribution in [1.29, 1.82) is 0 Å². The van der Waals surface area contributed by atoms with E-state index in [1.165, 1.54) is 12.1 Å². The zero-order chi connectivity index (χ0) is 16.4. The highest BCUT2D eigenvalue weighted by molar-refractivity contribution is 7.71. The standard InChI is InChI=1S/C16H20F2N4S/c1-20-2-4-21(5-3-20)11-15-9-19-16(23)22(15)10-12-6-13(17)8-14(18)7-12/h6-9H,2-5,10-11H2,1H3,(H,19,23). The van der Waals surface area contributed by atoms with Crippen molar-refractivity contribution in [3.63, 3.8) is 0 Å². The summed E-state index contributed by atoms with van der Waals surface area (Å²) < 4.78 is 29.2. The molecule has 0 amide bonds. The summed E-state index contributed by atoms with van der Waals surface area (Å²) in [5.41, 5.74) is 1.60. The number of halogens is 2. The summed E-state index contributed by atoms with van der Waals surface area (Å²) >= 11 is 5.32. The molecule has 0 radical (unpaired) electrons. The SMILES string of the molecule is CN1CCN(Cc2c[nH]c(=S)n2Cc2cc(F)cc(F)c2)CC1. The number of aromatic amines is 1. The van der Waals surface area contributed by atoms with E-state index in [1.807, 2.05) is 10.8 Å². The van der Waals surface area contributed by atoms with E-state index in [-0.39, 0.29) is 0 Å². The molecule has 1 aliphatic heterocycles. The average molecular weight is 338 g/mol. The summed E-state index contributed by atoms with van der Waals surface area (Å²) in [7, 11) is 2.12. The van der Waals surface area contributed by atoms with Gasteiger partial charge >= 0.3 is 0 Å². The van der Waals surface area contributed by atoms with Gasteiger partial charge in [0.2, 0.25) is 0 Å². The van der Waals surface area contributed by atoms with Gasteiger partial charge in [-0.1, -0.05) is 0 Å². The molecule has 1 aromatic carbocycles. The lowest BCUT2D eigenvalue weighted by molar-refractivity contribution is 0.145. The van der Waals surface area contributed by atoms with Gasteiger partial charge in [-0.15, -0.1) is 0 Å². The Balaban J connectivity index is 1.77. The predicted molar refractivity (Wildman–Crippen MR) is 87.9 cm³/mol. The van der Waals surface area contributed by atoms with E-state index in [0.717, 1.165) is 44.5 Å². The van der Waals surface area contributed by atoms with Crippen LogP contribution in [-0.4, -0.2) is 52.6 Å². The predicted octanol–water partition coefficient (Wildman–Crippen LogP) is 2.62. The number of nitrogens with zero attached hydrogens (tertiary/aromatic N) is 3. The van der Waals surface area contributed by atoms with Gasteiger partial charge in [-0.05, 0) is 37.0 Å². The lowest BCUT2D eigenvalue weighted by Crippen LogP contribution is -2.44. The molecule has 0 saturated carbocycles. The van der Waals surface area contributed by atoms with Crippen LogP contribution >= 0.6 is 12.2 Å². The molecule has 23 heavy (non-hydrogen) atoms. The van der Waals surface area contributed by atoms with Crippen molar-refractivity contribution in [3.05, 3.63) is 52.1 Å². The van der Waals surface area contributed by atoms with Crippen LogP contribution < -0.4 is 0 Å². The highest BCUT2D eigenvalue weighted by Gasteiger charge is 2.16. The highest BCUT2D eigenvalue weighted by atomic mass is 32.1. The number of rotatable bonds is 4. The first kappa shape index (κ1) is 16.3. The Labute approximate surface area is 139 Å². The second-order valence-electron chi connectivity index (χ2n) is 6.03. The quantitative estimate of drug-likeness (QED) is 0.869. The number of nitrogens with one attached hydrogen (secondary N) is 1. The third-order valence-corrected chi connectivity index (χ3v) is 4.54. The number of H-pyrrole nitrogens is 1.